The number of rotatable bonds is 7. The van der Waals surface area contributed by atoms with E-state index in [1.54, 1.807) is 0 Å². The molecule has 140 valence electrons. The minimum Gasteiger partial charge on any atom is -0.357 e. The summed E-state index contributed by atoms with van der Waals surface area (Å²) in [7, 11) is 0. The Labute approximate surface area is 168 Å². The summed E-state index contributed by atoms with van der Waals surface area (Å²) in [4.78, 5) is 18.6. The predicted molar refractivity (Wildman–Crippen MR) is 115 cm³/mol. The molecule has 0 unspecified atom stereocenters. The highest BCUT2D eigenvalue weighted by Gasteiger charge is 2.15. The van der Waals surface area contributed by atoms with Crippen LogP contribution in [-0.4, -0.2) is 49.5 Å². The molecule has 5 nitrogen and oxygen atoms in total. The number of carbonyl (C=O) groups excluding carboxylic acids is 1. The van der Waals surface area contributed by atoms with E-state index < -0.39 is 0 Å². The van der Waals surface area contributed by atoms with Crippen molar-refractivity contribution in [2.75, 3.05) is 32.7 Å². The summed E-state index contributed by atoms with van der Waals surface area (Å²) < 4.78 is 0. The first-order valence-electron chi connectivity index (χ1n) is 9.13. The smallest absolute Gasteiger partial charge is 0.244 e. The van der Waals surface area contributed by atoms with Gasteiger partial charge in [0.15, 0.2) is 5.96 Å². The zero-order valence-corrected chi connectivity index (χ0v) is 17.5. The molecule has 2 rings (SSSR count). The van der Waals surface area contributed by atoms with Gasteiger partial charge in [-0.3, -0.25) is 4.79 Å². The van der Waals surface area contributed by atoms with Gasteiger partial charge in [0.05, 0.1) is 0 Å². The van der Waals surface area contributed by atoms with Gasteiger partial charge in [0.2, 0.25) is 5.91 Å². The maximum atomic E-state index is 12.2. The fraction of sp³-hybridized carbons (Fsp3) is 0.579. The van der Waals surface area contributed by atoms with E-state index in [1.165, 1.54) is 12.0 Å². The predicted octanol–water partition coefficient (Wildman–Crippen LogP) is 2.80. The summed E-state index contributed by atoms with van der Waals surface area (Å²) in [6.07, 6.45) is 5.55. The van der Waals surface area contributed by atoms with Crippen LogP contribution in [0.15, 0.2) is 35.3 Å². The molecule has 1 saturated heterocycles. The van der Waals surface area contributed by atoms with Crippen molar-refractivity contribution in [2.24, 2.45) is 4.99 Å². The van der Waals surface area contributed by atoms with Crippen LogP contribution in [0.4, 0.5) is 0 Å². The number of hydrogen-bond acceptors (Lipinski definition) is 2. The van der Waals surface area contributed by atoms with Crippen LogP contribution in [0.25, 0.3) is 0 Å². The molecule has 1 amide bonds. The molecule has 25 heavy (non-hydrogen) atoms. The minimum absolute atomic E-state index is 0. The fourth-order valence-corrected chi connectivity index (χ4v) is 2.88. The average molecular weight is 458 g/mol. The molecule has 0 spiro atoms. The van der Waals surface area contributed by atoms with Crippen LogP contribution in [0.1, 0.15) is 38.2 Å². The van der Waals surface area contributed by atoms with E-state index in [2.05, 4.69) is 39.9 Å². The van der Waals surface area contributed by atoms with Gasteiger partial charge in [0.1, 0.15) is 6.54 Å². The third-order valence-electron chi connectivity index (χ3n) is 4.20. The molecule has 0 bridgehead atoms. The van der Waals surface area contributed by atoms with Gasteiger partial charge in [-0.15, -0.1) is 24.0 Å². The van der Waals surface area contributed by atoms with Crippen LogP contribution in [0.3, 0.4) is 0 Å². The largest absolute Gasteiger partial charge is 0.357 e. The molecule has 0 aromatic heterocycles. The molecule has 0 atom stereocenters. The van der Waals surface area contributed by atoms with Crippen molar-refractivity contribution in [3.63, 3.8) is 0 Å². The Bertz CT molecular complexity index is 515. The lowest BCUT2D eigenvalue weighted by molar-refractivity contribution is -0.130. The van der Waals surface area contributed by atoms with E-state index in [0.717, 1.165) is 57.8 Å². The molecular weight excluding hydrogens is 427 g/mol. The Kier molecular flexibility index (Phi) is 11.3. The Morgan fingerprint density at radius 3 is 2.52 bits per heavy atom. The second-order valence-electron chi connectivity index (χ2n) is 6.15. The molecule has 1 aromatic carbocycles. The van der Waals surface area contributed by atoms with Crippen molar-refractivity contribution in [3.05, 3.63) is 35.9 Å². The molecule has 1 aliphatic heterocycles. The first-order chi connectivity index (χ1) is 11.8. The topological polar surface area (TPSA) is 56.7 Å². The molecule has 0 radical (unpaired) electrons. The number of nitrogens with one attached hydrogen (secondary N) is 2. The standard InChI is InChI=1S/C19H30N4O.HI/c1-2-20-19(21-13-9-12-17-10-5-3-6-11-17)22-16-18(24)23-14-7-4-8-15-23;/h3,5-6,10-11H,2,4,7-9,12-16H2,1H3,(H2,20,21,22);1H. The number of hydrogen-bond donors (Lipinski definition) is 2. The van der Waals surface area contributed by atoms with Crippen molar-refractivity contribution in [1.82, 2.24) is 15.5 Å². The van der Waals surface area contributed by atoms with Crippen molar-refractivity contribution < 1.29 is 4.79 Å². The first-order valence-corrected chi connectivity index (χ1v) is 9.13. The van der Waals surface area contributed by atoms with Crippen LogP contribution >= 0.6 is 24.0 Å². The van der Waals surface area contributed by atoms with E-state index in [4.69, 9.17) is 0 Å². The number of halogens is 1. The molecule has 0 aliphatic carbocycles. The number of aliphatic imine (C=N–C) groups is 1. The lowest BCUT2D eigenvalue weighted by atomic mass is 10.1. The summed E-state index contributed by atoms with van der Waals surface area (Å²) in [5, 5.41) is 6.53. The van der Waals surface area contributed by atoms with E-state index in [1.807, 2.05) is 17.9 Å². The molecule has 1 heterocycles. The number of aryl methyl sites for hydroxylation is 1. The molecule has 1 aromatic rings. The fourth-order valence-electron chi connectivity index (χ4n) is 2.88. The van der Waals surface area contributed by atoms with Gasteiger partial charge < -0.3 is 15.5 Å². The van der Waals surface area contributed by atoms with Gasteiger partial charge in [-0.1, -0.05) is 30.3 Å². The number of benzene rings is 1. The highest BCUT2D eigenvalue weighted by molar-refractivity contribution is 14.0. The minimum atomic E-state index is 0. The van der Waals surface area contributed by atoms with Crippen LogP contribution in [0.2, 0.25) is 0 Å². The summed E-state index contributed by atoms with van der Waals surface area (Å²) in [6.45, 7) is 5.67. The molecule has 0 saturated carbocycles. The second-order valence-corrected chi connectivity index (χ2v) is 6.15. The normalized spacial score (nSPS) is 14.6. The third kappa shape index (κ3) is 8.56. The maximum Gasteiger partial charge on any atom is 0.244 e. The molecular formula is C19H31IN4O. The summed E-state index contributed by atoms with van der Waals surface area (Å²) in [5.74, 6) is 0.868. The number of piperidine rings is 1. The van der Waals surface area contributed by atoms with Crippen molar-refractivity contribution in [2.45, 2.75) is 39.0 Å². The van der Waals surface area contributed by atoms with Gasteiger partial charge in [-0.2, -0.15) is 0 Å². The quantitative estimate of drug-likeness (QED) is 0.286. The number of amides is 1. The summed E-state index contributed by atoms with van der Waals surface area (Å²) in [6, 6.07) is 10.5. The van der Waals surface area contributed by atoms with Gasteiger partial charge >= 0.3 is 0 Å². The van der Waals surface area contributed by atoms with Crippen LogP contribution in [0, 0.1) is 0 Å². The molecule has 1 fully saturated rings. The maximum absolute atomic E-state index is 12.2. The van der Waals surface area contributed by atoms with Crippen LogP contribution < -0.4 is 10.6 Å². The van der Waals surface area contributed by atoms with Crippen LogP contribution in [0.5, 0.6) is 0 Å². The molecule has 1 aliphatic rings. The van der Waals surface area contributed by atoms with E-state index >= 15 is 0 Å². The van der Waals surface area contributed by atoms with Crippen LogP contribution in [-0.2, 0) is 11.2 Å². The average Bonchev–Trinajstić information content (AvgIpc) is 2.64. The highest BCUT2D eigenvalue weighted by Crippen LogP contribution is 2.08. The Balaban J connectivity index is 0.00000312. The van der Waals surface area contributed by atoms with Crippen molar-refractivity contribution in [3.8, 4) is 0 Å². The number of likely N-dealkylation sites (tertiary alicyclic amines) is 1. The molecule has 6 heteroatoms. The summed E-state index contributed by atoms with van der Waals surface area (Å²) >= 11 is 0. The number of guanidine groups is 1. The monoisotopic (exact) mass is 458 g/mol. The van der Waals surface area contributed by atoms with E-state index in [-0.39, 0.29) is 36.4 Å². The van der Waals surface area contributed by atoms with E-state index in [0.29, 0.717) is 0 Å². The highest BCUT2D eigenvalue weighted by atomic mass is 127. The zero-order valence-electron chi connectivity index (χ0n) is 15.2. The lowest BCUT2D eigenvalue weighted by Gasteiger charge is -2.26. The van der Waals surface area contributed by atoms with Gasteiger partial charge in [0.25, 0.3) is 0 Å². The third-order valence-corrected chi connectivity index (χ3v) is 4.20. The zero-order chi connectivity index (χ0) is 17.0. The lowest BCUT2D eigenvalue weighted by Crippen LogP contribution is -2.40. The molecule has 2 N–H and O–H groups in total. The Morgan fingerprint density at radius 2 is 1.84 bits per heavy atom. The summed E-state index contributed by atoms with van der Waals surface area (Å²) in [5.41, 5.74) is 1.35. The second kappa shape index (κ2) is 13.0. The number of carbonyl (C=O) groups is 1. The van der Waals surface area contributed by atoms with Gasteiger partial charge in [-0.05, 0) is 44.6 Å². The van der Waals surface area contributed by atoms with Gasteiger partial charge in [-0.25, -0.2) is 4.99 Å². The van der Waals surface area contributed by atoms with Gasteiger partial charge in [0, 0.05) is 26.2 Å². The van der Waals surface area contributed by atoms with E-state index in [9.17, 15) is 4.79 Å². The first kappa shape index (κ1) is 21.7. The number of nitrogens with zero attached hydrogens (tertiary/aromatic N) is 2. The Hall–Kier alpha value is -1.31. The van der Waals surface area contributed by atoms with Crippen molar-refractivity contribution >= 4 is 35.8 Å². The van der Waals surface area contributed by atoms with Crippen molar-refractivity contribution in [1.29, 1.82) is 0 Å². The SMILES string of the molecule is CCNC(=NCC(=O)N1CCCCC1)NCCCc1ccccc1.I. The Morgan fingerprint density at radius 1 is 1.12 bits per heavy atom.